The number of nitrogens with one attached hydrogen (secondary N) is 2. The molecular formula is C20H17F3N4O2. The van der Waals surface area contributed by atoms with E-state index in [0.717, 1.165) is 0 Å². The van der Waals surface area contributed by atoms with Crippen molar-refractivity contribution >= 4 is 17.3 Å². The Hall–Kier alpha value is -3.36. The monoisotopic (exact) mass is 402 g/mol. The van der Waals surface area contributed by atoms with Gasteiger partial charge in [0, 0.05) is 23.6 Å². The fourth-order valence-electron chi connectivity index (χ4n) is 3.50. The van der Waals surface area contributed by atoms with Crippen LogP contribution in [0.2, 0.25) is 0 Å². The van der Waals surface area contributed by atoms with E-state index in [1.54, 1.807) is 24.3 Å². The number of nitrogens with zero attached hydrogens (tertiary/aromatic N) is 2. The summed E-state index contributed by atoms with van der Waals surface area (Å²) in [5.41, 5.74) is 1.70. The van der Waals surface area contributed by atoms with Gasteiger partial charge in [-0.2, -0.15) is 0 Å². The van der Waals surface area contributed by atoms with E-state index >= 15 is 0 Å². The number of carbonyl (C=O) groups is 1. The van der Waals surface area contributed by atoms with E-state index in [1.807, 2.05) is 0 Å². The maximum Gasteiger partial charge on any atom is 0.272 e. The number of ether oxygens (including phenoxy) is 1. The van der Waals surface area contributed by atoms with Gasteiger partial charge in [-0.05, 0) is 36.4 Å². The smallest absolute Gasteiger partial charge is 0.272 e. The van der Waals surface area contributed by atoms with E-state index in [4.69, 9.17) is 4.74 Å². The summed E-state index contributed by atoms with van der Waals surface area (Å²) in [6, 6.07) is 6.23. The van der Waals surface area contributed by atoms with Crippen molar-refractivity contribution in [2.24, 2.45) is 10.9 Å². The fraction of sp³-hybridized carbons (Fsp3) is 0.250. The second-order valence-electron chi connectivity index (χ2n) is 6.61. The van der Waals surface area contributed by atoms with Gasteiger partial charge in [0.15, 0.2) is 0 Å². The van der Waals surface area contributed by atoms with Crippen LogP contribution in [0.1, 0.15) is 11.6 Å². The Morgan fingerprint density at radius 1 is 1.21 bits per heavy atom. The Labute approximate surface area is 164 Å². The zero-order chi connectivity index (χ0) is 20.4. The van der Waals surface area contributed by atoms with Gasteiger partial charge in [0.25, 0.3) is 6.43 Å². The summed E-state index contributed by atoms with van der Waals surface area (Å²) in [4.78, 5) is 21.1. The van der Waals surface area contributed by atoms with Gasteiger partial charge in [0.1, 0.15) is 30.1 Å². The van der Waals surface area contributed by atoms with Crippen LogP contribution in [0.15, 0.2) is 60.0 Å². The molecule has 2 N–H and O–H groups in total. The lowest BCUT2D eigenvalue weighted by molar-refractivity contribution is -0.122. The molecule has 6 nitrogen and oxygen atoms in total. The summed E-state index contributed by atoms with van der Waals surface area (Å²) in [6.45, 7) is -0.776. The molecule has 0 aliphatic carbocycles. The van der Waals surface area contributed by atoms with E-state index in [1.165, 1.54) is 30.7 Å². The molecule has 4 rings (SSSR count). The van der Waals surface area contributed by atoms with E-state index in [9.17, 15) is 18.0 Å². The first-order chi connectivity index (χ1) is 14.0. The van der Waals surface area contributed by atoms with Crippen molar-refractivity contribution in [3.8, 4) is 5.75 Å². The number of hydrogen-bond acceptors (Lipinski definition) is 5. The highest BCUT2D eigenvalue weighted by molar-refractivity contribution is 6.14. The van der Waals surface area contributed by atoms with Crippen LogP contribution in [0.25, 0.3) is 0 Å². The Morgan fingerprint density at radius 2 is 2.00 bits per heavy atom. The number of fused-ring (bicyclic) bond motifs is 1. The molecule has 1 aromatic carbocycles. The van der Waals surface area contributed by atoms with E-state index in [0.29, 0.717) is 17.0 Å². The quantitative estimate of drug-likeness (QED) is 0.779. The highest BCUT2D eigenvalue weighted by Crippen LogP contribution is 2.40. The largest absolute Gasteiger partial charge is 0.486 e. The number of halogens is 3. The molecule has 0 fully saturated rings. The van der Waals surface area contributed by atoms with Crippen LogP contribution in [0.3, 0.4) is 0 Å². The van der Waals surface area contributed by atoms with Gasteiger partial charge in [0.2, 0.25) is 5.91 Å². The highest BCUT2D eigenvalue weighted by Gasteiger charge is 2.45. The van der Waals surface area contributed by atoms with Crippen molar-refractivity contribution < 1.29 is 22.7 Å². The summed E-state index contributed by atoms with van der Waals surface area (Å²) in [5, 5.41) is 5.90. The molecule has 29 heavy (non-hydrogen) atoms. The first-order valence-corrected chi connectivity index (χ1v) is 8.94. The highest BCUT2D eigenvalue weighted by atomic mass is 19.3. The SMILES string of the molecule is O=C1NC=CC2=NC(c3ccncc3OCC(F)F)C(Nc3ccc(F)cc3)C12. The van der Waals surface area contributed by atoms with Crippen LogP contribution >= 0.6 is 0 Å². The molecule has 0 bridgehead atoms. The summed E-state index contributed by atoms with van der Waals surface area (Å²) in [7, 11) is 0. The lowest BCUT2D eigenvalue weighted by Gasteiger charge is -2.27. The molecule has 150 valence electrons. The maximum absolute atomic E-state index is 13.3. The second-order valence-corrected chi connectivity index (χ2v) is 6.61. The van der Waals surface area contributed by atoms with Gasteiger partial charge in [0.05, 0.1) is 18.0 Å². The minimum Gasteiger partial charge on any atom is -0.486 e. The molecule has 2 aliphatic rings. The molecule has 0 saturated heterocycles. The molecule has 3 unspecified atom stereocenters. The third kappa shape index (κ3) is 3.94. The Kier molecular flexibility index (Phi) is 5.20. The van der Waals surface area contributed by atoms with Crippen molar-refractivity contribution in [2.45, 2.75) is 18.5 Å². The summed E-state index contributed by atoms with van der Waals surface area (Å²) < 4.78 is 43.8. The van der Waals surface area contributed by atoms with Crippen LogP contribution in [0, 0.1) is 11.7 Å². The third-order valence-electron chi connectivity index (χ3n) is 4.75. The minimum absolute atomic E-state index is 0.177. The number of rotatable bonds is 6. The number of pyridine rings is 1. The lowest BCUT2D eigenvalue weighted by Crippen LogP contribution is -2.44. The number of aliphatic imine (C=N–C) groups is 1. The van der Waals surface area contributed by atoms with E-state index in [-0.39, 0.29) is 17.5 Å². The number of carbonyl (C=O) groups excluding carboxylic acids is 1. The zero-order valence-corrected chi connectivity index (χ0v) is 15.1. The predicted molar refractivity (Wildman–Crippen MR) is 100 cm³/mol. The van der Waals surface area contributed by atoms with Gasteiger partial charge in [-0.3, -0.25) is 14.8 Å². The molecule has 1 amide bonds. The third-order valence-corrected chi connectivity index (χ3v) is 4.75. The summed E-state index contributed by atoms with van der Waals surface area (Å²) in [5.74, 6) is -1.05. The van der Waals surface area contributed by atoms with Gasteiger partial charge in [-0.25, -0.2) is 13.2 Å². The maximum atomic E-state index is 13.3. The molecular weight excluding hydrogens is 385 g/mol. The summed E-state index contributed by atoms with van der Waals surface area (Å²) in [6.07, 6.45) is 3.44. The molecule has 0 radical (unpaired) electrons. The molecule has 2 aliphatic heterocycles. The number of aromatic nitrogens is 1. The molecule has 1 aromatic heterocycles. The molecule has 0 saturated carbocycles. The van der Waals surface area contributed by atoms with Crippen LogP contribution in [-0.2, 0) is 4.79 Å². The van der Waals surface area contributed by atoms with Crippen molar-refractivity contribution in [1.82, 2.24) is 10.3 Å². The van der Waals surface area contributed by atoms with E-state index in [2.05, 4.69) is 20.6 Å². The van der Waals surface area contributed by atoms with E-state index < -0.39 is 31.0 Å². The van der Waals surface area contributed by atoms with Crippen molar-refractivity contribution in [2.75, 3.05) is 11.9 Å². The molecule has 9 heteroatoms. The van der Waals surface area contributed by atoms with Crippen molar-refractivity contribution in [3.63, 3.8) is 0 Å². The fourth-order valence-corrected chi connectivity index (χ4v) is 3.50. The number of alkyl halides is 2. The Bertz CT molecular complexity index is 962. The Morgan fingerprint density at radius 3 is 2.76 bits per heavy atom. The molecule has 2 aromatic rings. The second kappa shape index (κ2) is 7.94. The van der Waals surface area contributed by atoms with Crippen molar-refractivity contribution in [3.05, 3.63) is 66.4 Å². The molecule has 3 atom stereocenters. The standard InChI is InChI=1S/C20H17F3N4O2/c21-11-1-3-12(4-2-11)26-19-17-14(6-8-25-20(17)28)27-18(19)13-5-7-24-9-15(13)29-10-16(22)23/h1-9,16-19,26H,10H2,(H,25,28). The average molecular weight is 402 g/mol. The summed E-state index contributed by atoms with van der Waals surface area (Å²) >= 11 is 0. The topological polar surface area (TPSA) is 75.6 Å². The molecule has 0 spiro atoms. The number of benzene rings is 1. The predicted octanol–water partition coefficient (Wildman–Crippen LogP) is 3.10. The first-order valence-electron chi connectivity index (χ1n) is 8.94. The van der Waals surface area contributed by atoms with Gasteiger partial charge >= 0.3 is 0 Å². The minimum atomic E-state index is -2.64. The van der Waals surface area contributed by atoms with Crippen LogP contribution < -0.4 is 15.4 Å². The van der Waals surface area contributed by atoms with Crippen molar-refractivity contribution in [1.29, 1.82) is 0 Å². The first kappa shape index (κ1) is 19.0. The van der Waals surface area contributed by atoms with Gasteiger partial charge in [-0.15, -0.1) is 0 Å². The van der Waals surface area contributed by atoms with Crippen LogP contribution in [-0.4, -0.2) is 35.7 Å². The zero-order valence-electron chi connectivity index (χ0n) is 15.1. The normalized spacial score (nSPS) is 22.8. The molecule has 3 heterocycles. The lowest BCUT2D eigenvalue weighted by atomic mass is 9.88. The number of anilines is 1. The number of amides is 1. The van der Waals surface area contributed by atoms with Gasteiger partial charge < -0.3 is 15.4 Å². The van der Waals surface area contributed by atoms with Gasteiger partial charge in [-0.1, -0.05) is 0 Å². The Balaban J connectivity index is 1.70. The average Bonchev–Trinajstić information content (AvgIpc) is 3.08. The van der Waals surface area contributed by atoms with Crippen LogP contribution in [0.5, 0.6) is 5.75 Å². The van der Waals surface area contributed by atoms with Crippen LogP contribution in [0.4, 0.5) is 18.9 Å². The number of hydrogen-bond donors (Lipinski definition) is 2. The number of allylic oxidation sites excluding steroid dienone is 1.